The van der Waals surface area contributed by atoms with Crippen LogP contribution in [0.5, 0.6) is 0 Å². The topological polar surface area (TPSA) is 55.1 Å². The monoisotopic (exact) mass is 174 g/mol. The molecule has 0 aliphatic heterocycles. The van der Waals surface area contributed by atoms with Gasteiger partial charge in [-0.25, -0.2) is 0 Å². The summed E-state index contributed by atoms with van der Waals surface area (Å²) in [6, 6.07) is 0. The van der Waals surface area contributed by atoms with E-state index in [0.717, 1.165) is 0 Å². The minimum absolute atomic E-state index is 0.0915. The molecule has 0 saturated heterocycles. The summed E-state index contributed by atoms with van der Waals surface area (Å²) in [6.07, 6.45) is 0.155. The summed E-state index contributed by atoms with van der Waals surface area (Å²) in [4.78, 5) is 11.1. The lowest BCUT2D eigenvalue weighted by molar-refractivity contribution is -0.120. The largest absolute Gasteiger partial charge is 0.393 e. The number of carbonyl (C=O) groups excluding carboxylic acids is 1. The van der Waals surface area contributed by atoms with Crippen LogP contribution in [0.4, 0.5) is 0 Å². The highest BCUT2D eigenvalue weighted by Gasteiger charge is 2.02. The molecule has 0 aromatic rings. The van der Waals surface area contributed by atoms with E-state index < -0.39 is 0 Å². The molecule has 0 saturated carbocycles. The summed E-state index contributed by atoms with van der Waals surface area (Å²) in [6.45, 7) is 4.74. The molecule has 64 valence electrons. The van der Waals surface area contributed by atoms with Crippen molar-refractivity contribution < 1.29 is 4.79 Å². The van der Waals surface area contributed by atoms with Gasteiger partial charge in [0, 0.05) is 6.54 Å². The fraction of sp³-hybridized carbons (Fsp3) is 0.714. The number of nitrogens with one attached hydrogen (secondary N) is 1. The van der Waals surface area contributed by atoms with Gasteiger partial charge in [-0.15, -0.1) is 0 Å². The molecule has 0 aromatic heterocycles. The lowest BCUT2D eigenvalue weighted by Crippen LogP contribution is -2.30. The summed E-state index contributed by atoms with van der Waals surface area (Å²) in [5.41, 5.74) is 5.17. The van der Waals surface area contributed by atoms with Gasteiger partial charge in [0.05, 0.1) is 11.4 Å². The van der Waals surface area contributed by atoms with Crippen molar-refractivity contribution in [1.29, 1.82) is 0 Å². The molecule has 3 nitrogen and oxygen atoms in total. The minimum Gasteiger partial charge on any atom is -0.393 e. The van der Waals surface area contributed by atoms with Gasteiger partial charge in [-0.3, -0.25) is 4.79 Å². The molecular weight excluding hydrogens is 160 g/mol. The van der Waals surface area contributed by atoms with Crippen LogP contribution < -0.4 is 11.1 Å². The zero-order chi connectivity index (χ0) is 8.85. The fourth-order valence-electron chi connectivity index (χ4n) is 0.539. The van der Waals surface area contributed by atoms with E-state index in [1.165, 1.54) is 0 Å². The Labute approximate surface area is 72.3 Å². The molecule has 0 heterocycles. The maximum atomic E-state index is 10.9. The first-order valence-electron chi connectivity index (χ1n) is 3.57. The van der Waals surface area contributed by atoms with Crippen LogP contribution in [0.15, 0.2) is 0 Å². The van der Waals surface area contributed by atoms with Gasteiger partial charge in [0.2, 0.25) is 5.91 Å². The molecule has 4 heteroatoms. The first kappa shape index (κ1) is 10.4. The van der Waals surface area contributed by atoms with Gasteiger partial charge in [0.15, 0.2) is 0 Å². The van der Waals surface area contributed by atoms with Gasteiger partial charge in [0.25, 0.3) is 0 Å². The third-order valence-corrected chi connectivity index (χ3v) is 1.19. The number of thiocarbonyl (C=S) groups is 1. The maximum Gasteiger partial charge on any atom is 0.226 e. The van der Waals surface area contributed by atoms with E-state index in [-0.39, 0.29) is 17.3 Å². The van der Waals surface area contributed by atoms with E-state index in [4.69, 9.17) is 5.73 Å². The number of carbonyl (C=O) groups is 1. The Morgan fingerprint density at radius 2 is 2.18 bits per heavy atom. The van der Waals surface area contributed by atoms with Gasteiger partial charge < -0.3 is 11.1 Å². The van der Waals surface area contributed by atoms with Crippen LogP contribution in [0.3, 0.4) is 0 Å². The molecule has 0 bridgehead atoms. The second kappa shape index (κ2) is 5.07. The van der Waals surface area contributed by atoms with E-state index >= 15 is 0 Å². The molecule has 0 radical (unpaired) electrons. The van der Waals surface area contributed by atoms with Crippen molar-refractivity contribution in [1.82, 2.24) is 5.32 Å². The van der Waals surface area contributed by atoms with Crippen molar-refractivity contribution in [2.45, 2.75) is 20.3 Å². The lowest BCUT2D eigenvalue weighted by Gasteiger charge is -2.06. The second-order valence-corrected chi connectivity index (χ2v) is 3.37. The van der Waals surface area contributed by atoms with Crippen molar-refractivity contribution in [3.8, 4) is 0 Å². The van der Waals surface area contributed by atoms with Crippen LogP contribution in [0.25, 0.3) is 0 Å². The summed E-state index contributed by atoms with van der Waals surface area (Å²) in [5, 5.41) is 2.71. The normalized spacial score (nSPS) is 9.73. The molecule has 0 aliphatic carbocycles. The smallest absolute Gasteiger partial charge is 0.226 e. The molecular formula is C7H14N2OS. The number of hydrogen-bond acceptors (Lipinski definition) is 2. The zero-order valence-electron chi connectivity index (χ0n) is 6.89. The van der Waals surface area contributed by atoms with E-state index in [1.807, 2.05) is 13.8 Å². The highest BCUT2D eigenvalue weighted by molar-refractivity contribution is 7.80. The van der Waals surface area contributed by atoms with Crippen LogP contribution in [0, 0.1) is 5.92 Å². The average Bonchev–Trinajstić information content (AvgIpc) is 1.82. The summed E-state index contributed by atoms with van der Waals surface area (Å²) >= 11 is 4.57. The van der Waals surface area contributed by atoms with Gasteiger partial charge in [-0.2, -0.15) is 0 Å². The molecule has 0 unspecified atom stereocenters. The quantitative estimate of drug-likeness (QED) is 0.608. The van der Waals surface area contributed by atoms with Crippen molar-refractivity contribution >= 4 is 23.1 Å². The highest BCUT2D eigenvalue weighted by Crippen LogP contribution is 1.88. The average molecular weight is 174 g/mol. The Bertz CT molecular complexity index is 157. The van der Waals surface area contributed by atoms with E-state index in [9.17, 15) is 4.79 Å². The van der Waals surface area contributed by atoms with Crippen LogP contribution >= 0.6 is 12.2 Å². The van der Waals surface area contributed by atoms with Gasteiger partial charge in [0.1, 0.15) is 0 Å². The minimum atomic E-state index is -0.0915. The third-order valence-electron chi connectivity index (χ3n) is 1.04. The Kier molecular flexibility index (Phi) is 4.77. The Balaban J connectivity index is 3.46. The SMILES string of the molecule is CC(C)CNC(=O)CC(N)=S. The van der Waals surface area contributed by atoms with Crippen LogP contribution in [-0.2, 0) is 4.79 Å². The lowest BCUT2D eigenvalue weighted by atomic mass is 10.2. The standard InChI is InChI=1S/C7H14N2OS/c1-5(2)4-9-7(10)3-6(8)11/h5H,3-4H2,1-2H3,(H2,8,11)(H,9,10). The van der Waals surface area contributed by atoms with Crippen molar-refractivity contribution in [3.05, 3.63) is 0 Å². The number of nitrogens with two attached hydrogens (primary N) is 1. The Morgan fingerprint density at radius 3 is 2.55 bits per heavy atom. The third kappa shape index (κ3) is 7.25. The van der Waals surface area contributed by atoms with Gasteiger partial charge >= 0.3 is 0 Å². The predicted octanol–water partition coefficient (Wildman–Crippen LogP) is 0.435. The maximum absolute atomic E-state index is 10.9. The molecule has 0 atom stereocenters. The van der Waals surface area contributed by atoms with Crippen molar-refractivity contribution in [2.24, 2.45) is 11.7 Å². The second-order valence-electron chi connectivity index (χ2n) is 2.84. The number of rotatable bonds is 4. The Hall–Kier alpha value is -0.640. The molecule has 0 aromatic carbocycles. The van der Waals surface area contributed by atoms with E-state index in [1.54, 1.807) is 0 Å². The van der Waals surface area contributed by atoms with Gasteiger partial charge in [-0.1, -0.05) is 26.1 Å². The number of hydrogen-bond donors (Lipinski definition) is 2. The first-order valence-corrected chi connectivity index (χ1v) is 3.98. The molecule has 0 fully saturated rings. The summed E-state index contributed by atoms with van der Waals surface area (Å²) in [5.74, 6) is 0.372. The zero-order valence-corrected chi connectivity index (χ0v) is 7.70. The molecule has 0 aliphatic rings. The molecule has 0 rings (SSSR count). The molecule has 3 N–H and O–H groups in total. The highest BCUT2D eigenvalue weighted by atomic mass is 32.1. The Morgan fingerprint density at radius 1 is 1.64 bits per heavy atom. The van der Waals surface area contributed by atoms with Crippen LogP contribution in [0.2, 0.25) is 0 Å². The first-order chi connectivity index (χ1) is 5.02. The summed E-state index contributed by atoms with van der Waals surface area (Å²) < 4.78 is 0. The van der Waals surface area contributed by atoms with Crippen LogP contribution in [-0.4, -0.2) is 17.4 Å². The predicted molar refractivity (Wildman–Crippen MR) is 49.3 cm³/mol. The molecule has 0 spiro atoms. The van der Waals surface area contributed by atoms with E-state index in [0.29, 0.717) is 12.5 Å². The van der Waals surface area contributed by atoms with Crippen molar-refractivity contribution in [3.63, 3.8) is 0 Å². The van der Waals surface area contributed by atoms with Crippen molar-refractivity contribution in [2.75, 3.05) is 6.54 Å². The van der Waals surface area contributed by atoms with Gasteiger partial charge in [-0.05, 0) is 5.92 Å². The van der Waals surface area contributed by atoms with E-state index in [2.05, 4.69) is 17.5 Å². The number of amides is 1. The summed E-state index contributed by atoms with van der Waals surface area (Å²) in [7, 11) is 0. The fourth-order valence-corrected chi connectivity index (χ4v) is 0.670. The van der Waals surface area contributed by atoms with Crippen LogP contribution in [0.1, 0.15) is 20.3 Å². The molecule has 11 heavy (non-hydrogen) atoms. The molecule has 1 amide bonds.